The maximum absolute atomic E-state index is 10.7. The van der Waals surface area contributed by atoms with Crippen LogP contribution in [0.5, 0.6) is 5.75 Å². The van der Waals surface area contributed by atoms with Gasteiger partial charge in [0.2, 0.25) is 0 Å². The largest absolute Gasteiger partial charge is 0.489 e. The summed E-state index contributed by atoms with van der Waals surface area (Å²) >= 11 is 0. The molecule has 0 fully saturated rings. The van der Waals surface area contributed by atoms with E-state index in [0.29, 0.717) is 19.0 Å². The maximum atomic E-state index is 10.7. The van der Waals surface area contributed by atoms with E-state index in [9.17, 15) is 4.79 Å². The smallest absolute Gasteiger partial charge is 0.267 e. The van der Waals surface area contributed by atoms with E-state index in [0.717, 1.165) is 0 Å². The van der Waals surface area contributed by atoms with Crippen molar-refractivity contribution in [3.8, 4) is 5.75 Å². The molecule has 0 saturated carbocycles. The van der Waals surface area contributed by atoms with E-state index in [4.69, 9.17) is 9.47 Å². The molecular formula is C7H10N2O3. The van der Waals surface area contributed by atoms with E-state index in [2.05, 4.69) is 10.2 Å². The molecule has 66 valence electrons. The van der Waals surface area contributed by atoms with Crippen LogP contribution >= 0.6 is 0 Å². The Labute approximate surface area is 69.3 Å². The van der Waals surface area contributed by atoms with Crippen LogP contribution in [-0.2, 0) is 4.74 Å². The summed E-state index contributed by atoms with van der Waals surface area (Å²) in [4.78, 5) is 10.7. The van der Waals surface area contributed by atoms with Crippen LogP contribution < -0.4 is 10.3 Å². The summed E-state index contributed by atoms with van der Waals surface area (Å²) in [5.74, 6) is 0.454. The summed E-state index contributed by atoms with van der Waals surface area (Å²) in [6.45, 7) is 0.911. The van der Waals surface area contributed by atoms with Gasteiger partial charge in [-0.2, -0.15) is 5.10 Å². The van der Waals surface area contributed by atoms with Crippen LogP contribution in [0.2, 0.25) is 0 Å². The Morgan fingerprint density at radius 3 is 3.08 bits per heavy atom. The molecule has 0 spiro atoms. The topological polar surface area (TPSA) is 64.2 Å². The first-order valence-electron chi connectivity index (χ1n) is 3.49. The quantitative estimate of drug-likeness (QED) is 0.635. The fourth-order valence-corrected chi connectivity index (χ4v) is 0.680. The molecule has 0 aromatic carbocycles. The van der Waals surface area contributed by atoms with Crippen molar-refractivity contribution in [2.24, 2.45) is 0 Å². The highest BCUT2D eigenvalue weighted by molar-refractivity contribution is 5.12. The molecule has 0 aliphatic heterocycles. The minimum absolute atomic E-state index is 0.273. The fraction of sp³-hybridized carbons (Fsp3) is 0.429. The number of nitrogens with one attached hydrogen (secondary N) is 1. The van der Waals surface area contributed by atoms with Gasteiger partial charge in [-0.1, -0.05) is 0 Å². The van der Waals surface area contributed by atoms with Gasteiger partial charge in [-0.25, -0.2) is 5.10 Å². The van der Waals surface area contributed by atoms with Crippen molar-refractivity contribution in [1.82, 2.24) is 10.2 Å². The predicted octanol–water partition coefficient (Wildman–Crippen LogP) is -0.205. The lowest BCUT2D eigenvalue weighted by Gasteiger charge is -2.02. The Hall–Kier alpha value is -1.36. The summed E-state index contributed by atoms with van der Waals surface area (Å²) in [5, 5.41) is 5.80. The number of nitrogens with zero attached hydrogens (tertiary/aromatic N) is 1. The monoisotopic (exact) mass is 170 g/mol. The summed E-state index contributed by atoms with van der Waals surface area (Å²) in [6.07, 6.45) is 1.44. The van der Waals surface area contributed by atoms with E-state index < -0.39 is 0 Å². The van der Waals surface area contributed by atoms with Crippen molar-refractivity contribution in [1.29, 1.82) is 0 Å². The third-order valence-corrected chi connectivity index (χ3v) is 1.20. The molecule has 0 saturated heterocycles. The van der Waals surface area contributed by atoms with Gasteiger partial charge < -0.3 is 9.47 Å². The van der Waals surface area contributed by atoms with E-state index in [1.165, 1.54) is 12.3 Å². The summed E-state index contributed by atoms with van der Waals surface area (Å²) in [6, 6.07) is 1.34. The molecule has 1 aromatic heterocycles. The number of hydrogen-bond donors (Lipinski definition) is 1. The minimum Gasteiger partial charge on any atom is -0.489 e. The first-order valence-corrected chi connectivity index (χ1v) is 3.49. The maximum Gasteiger partial charge on any atom is 0.267 e. The molecule has 1 N–H and O–H groups in total. The van der Waals surface area contributed by atoms with Crippen LogP contribution in [0, 0.1) is 0 Å². The Balaban J connectivity index is 2.47. The van der Waals surface area contributed by atoms with Crippen molar-refractivity contribution >= 4 is 0 Å². The molecule has 5 nitrogen and oxygen atoms in total. The number of H-pyrrole nitrogens is 1. The average molecular weight is 170 g/mol. The van der Waals surface area contributed by atoms with Gasteiger partial charge in [0.05, 0.1) is 12.8 Å². The van der Waals surface area contributed by atoms with Gasteiger partial charge in [0.25, 0.3) is 5.56 Å². The second kappa shape index (κ2) is 4.50. The lowest BCUT2D eigenvalue weighted by molar-refractivity contribution is 0.146. The van der Waals surface area contributed by atoms with Gasteiger partial charge in [0.1, 0.15) is 12.4 Å². The van der Waals surface area contributed by atoms with Crippen molar-refractivity contribution in [2.45, 2.75) is 0 Å². The molecule has 0 radical (unpaired) electrons. The first kappa shape index (κ1) is 8.73. The zero-order chi connectivity index (χ0) is 8.81. The number of aromatic amines is 1. The highest BCUT2D eigenvalue weighted by atomic mass is 16.5. The molecule has 0 unspecified atom stereocenters. The molecular weight excluding hydrogens is 160 g/mol. The molecule has 0 aliphatic rings. The highest BCUT2D eigenvalue weighted by Crippen LogP contribution is 2.01. The lowest BCUT2D eigenvalue weighted by Crippen LogP contribution is -2.09. The van der Waals surface area contributed by atoms with Gasteiger partial charge in [0, 0.05) is 13.2 Å². The van der Waals surface area contributed by atoms with Crippen LogP contribution in [-0.4, -0.2) is 30.5 Å². The normalized spacial score (nSPS) is 9.75. The molecule has 0 atom stereocenters. The number of hydrogen-bond acceptors (Lipinski definition) is 4. The molecule has 1 aromatic rings. The predicted molar refractivity (Wildman–Crippen MR) is 42.2 cm³/mol. The van der Waals surface area contributed by atoms with Crippen molar-refractivity contribution < 1.29 is 9.47 Å². The second-order valence-electron chi connectivity index (χ2n) is 2.12. The van der Waals surface area contributed by atoms with Crippen LogP contribution in [0.25, 0.3) is 0 Å². The van der Waals surface area contributed by atoms with Gasteiger partial charge >= 0.3 is 0 Å². The Morgan fingerprint density at radius 1 is 1.58 bits per heavy atom. The summed E-state index contributed by atoms with van der Waals surface area (Å²) in [7, 11) is 1.58. The molecule has 1 heterocycles. The van der Waals surface area contributed by atoms with Crippen LogP contribution in [0.15, 0.2) is 17.1 Å². The SMILES string of the molecule is COCCOc1cn[nH]c(=O)c1. The van der Waals surface area contributed by atoms with Gasteiger partial charge in [-0.05, 0) is 0 Å². The number of aromatic nitrogens is 2. The van der Waals surface area contributed by atoms with Crippen LogP contribution in [0.4, 0.5) is 0 Å². The number of methoxy groups -OCH3 is 1. The van der Waals surface area contributed by atoms with Crippen molar-refractivity contribution in [2.75, 3.05) is 20.3 Å². The Morgan fingerprint density at radius 2 is 2.42 bits per heavy atom. The molecule has 0 bridgehead atoms. The second-order valence-corrected chi connectivity index (χ2v) is 2.12. The van der Waals surface area contributed by atoms with Crippen molar-refractivity contribution in [3.63, 3.8) is 0 Å². The van der Waals surface area contributed by atoms with Crippen LogP contribution in [0.1, 0.15) is 0 Å². The highest BCUT2D eigenvalue weighted by Gasteiger charge is 1.93. The van der Waals surface area contributed by atoms with Gasteiger partial charge in [0.15, 0.2) is 0 Å². The first-order chi connectivity index (χ1) is 5.83. The van der Waals surface area contributed by atoms with E-state index in [1.54, 1.807) is 7.11 Å². The fourth-order valence-electron chi connectivity index (χ4n) is 0.680. The molecule has 1 rings (SSSR count). The third kappa shape index (κ3) is 2.71. The molecule has 5 heteroatoms. The third-order valence-electron chi connectivity index (χ3n) is 1.20. The minimum atomic E-state index is -0.273. The molecule has 0 aliphatic carbocycles. The molecule has 12 heavy (non-hydrogen) atoms. The number of ether oxygens (including phenoxy) is 2. The van der Waals surface area contributed by atoms with E-state index in [-0.39, 0.29) is 5.56 Å². The zero-order valence-electron chi connectivity index (χ0n) is 6.74. The summed E-state index contributed by atoms with van der Waals surface area (Å²) in [5.41, 5.74) is -0.273. The van der Waals surface area contributed by atoms with Gasteiger partial charge in [-0.15, -0.1) is 0 Å². The average Bonchev–Trinajstić information content (AvgIpc) is 2.05. The summed E-state index contributed by atoms with van der Waals surface area (Å²) < 4.78 is 9.88. The van der Waals surface area contributed by atoms with Gasteiger partial charge in [-0.3, -0.25) is 4.79 Å². The zero-order valence-corrected chi connectivity index (χ0v) is 6.74. The Bertz CT molecular complexity index is 284. The number of rotatable bonds is 4. The van der Waals surface area contributed by atoms with Crippen molar-refractivity contribution in [3.05, 3.63) is 22.6 Å². The van der Waals surface area contributed by atoms with E-state index in [1.807, 2.05) is 0 Å². The van der Waals surface area contributed by atoms with Crippen LogP contribution in [0.3, 0.4) is 0 Å². The molecule has 0 amide bonds. The lowest BCUT2D eigenvalue weighted by atomic mass is 10.5. The Kier molecular flexibility index (Phi) is 3.28. The standard InChI is InChI=1S/C7H10N2O3/c1-11-2-3-12-6-4-7(10)9-8-5-6/h4-5H,2-3H2,1H3,(H,9,10). The van der Waals surface area contributed by atoms with E-state index >= 15 is 0 Å².